The van der Waals surface area contributed by atoms with Crippen molar-refractivity contribution in [1.82, 2.24) is 9.97 Å². The molecule has 0 bridgehead atoms. The van der Waals surface area contributed by atoms with Crippen molar-refractivity contribution in [3.63, 3.8) is 0 Å². The van der Waals surface area contributed by atoms with Crippen LogP contribution in [0.2, 0.25) is 0 Å². The zero-order valence-electron chi connectivity index (χ0n) is 12.4. The molecule has 3 aromatic rings. The minimum atomic E-state index is -0.220. The van der Waals surface area contributed by atoms with E-state index in [2.05, 4.69) is 15.3 Å². The fourth-order valence-corrected chi connectivity index (χ4v) is 2.15. The molecule has 3 rings (SSSR count). The molecule has 0 fully saturated rings. The molecule has 0 saturated heterocycles. The largest absolute Gasteiger partial charge is 0.322 e. The Bertz CT molecular complexity index is 758. The summed E-state index contributed by atoms with van der Waals surface area (Å²) >= 11 is 0. The number of pyridine rings is 2. The maximum atomic E-state index is 12.3. The first-order chi connectivity index (χ1) is 11.3. The number of para-hydroxylation sites is 1. The fourth-order valence-electron chi connectivity index (χ4n) is 2.15. The summed E-state index contributed by atoms with van der Waals surface area (Å²) in [6, 6.07) is 20.5. The van der Waals surface area contributed by atoms with Gasteiger partial charge in [0.15, 0.2) is 0 Å². The first kappa shape index (κ1) is 14.7. The Hall–Kier alpha value is -3.27. The van der Waals surface area contributed by atoms with Crippen molar-refractivity contribution in [3.05, 3.63) is 96.6 Å². The number of hydrogen-bond donors (Lipinski definition) is 1. The molecule has 2 aromatic heterocycles. The zero-order chi connectivity index (χ0) is 15.9. The van der Waals surface area contributed by atoms with E-state index in [9.17, 15) is 4.79 Å². The van der Waals surface area contributed by atoms with E-state index in [1.54, 1.807) is 12.4 Å². The second-order valence-corrected chi connectivity index (χ2v) is 4.84. The van der Waals surface area contributed by atoms with Crippen LogP contribution < -0.4 is 5.32 Å². The highest BCUT2D eigenvalue weighted by Crippen LogP contribution is 2.19. The molecule has 0 saturated carbocycles. The molecule has 0 aliphatic heterocycles. The van der Waals surface area contributed by atoms with Gasteiger partial charge < -0.3 is 5.32 Å². The topological polar surface area (TPSA) is 54.9 Å². The lowest BCUT2D eigenvalue weighted by Crippen LogP contribution is -2.09. The summed E-state index contributed by atoms with van der Waals surface area (Å²) in [7, 11) is 0. The first-order valence-corrected chi connectivity index (χ1v) is 7.23. The summed E-state index contributed by atoms with van der Waals surface area (Å²) in [6.45, 7) is 0. The summed E-state index contributed by atoms with van der Waals surface area (Å²) in [4.78, 5) is 21.0. The third kappa shape index (κ3) is 3.89. The minimum absolute atomic E-state index is 0.220. The molecule has 0 aliphatic carbocycles. The lowest BCUT2D eigenvalue weighted by Gasteiger charge is -2.07. The van der Waals surface area contributed by atoms with Gasteiger partial charge in [-0.05, 0) is 36.4 Å². The Morgan fingerprint density at radius 2 is 1.35 bits per heavy atom. The van der Waals surface area contributed by atoms with Crippen LogP contribution in [0, 0.1) is 0 Å². The number of carbonyl (C=O) groups excluding carboxylic acids is 1. The zero-order valence-corrected chi connectivity index (χ0v) is 12.4. The van der Waals surface area contributed by atoms with Crippen LogP contribution in [0.4, 0.5) is 5.69 Å². The predicted octanol–water partition coefficient (Wildman–Crippen LogP) is 3.55. The van der Waals surface area contributed by atoms with E-state index in [4.69, 9.17) is 0 Å². The molecule has 0 atom stereocenters. The standard InChI is InChI=1S/C19H15N3O/c23-19(22-15-8-2-1-3-9-15)14-16(17-10-4-6-12-20-17)18-11-5-7-13-21-18/h1-14H,(H,22,23). The number of benzene rings is 1. The SMILES string of the molecule is O=C(C=C(c1ccccn1)c1ccccn1)Nc1ccccc1. The number of amides is 1. The Morgan fingerprint density at radius 3 is 1.87 bits per heavy atom. The molecule has 1 amide bonds. The van der Waals surface area contributed by atoms with E-state index in [1.807, 2.05) is 66.7 Å². The average Bonchev–Trinajstić information content (AvgIpc) is 2.62. The van der Waals surface area contributed by atoms with Crippen LogP contribution in [0.5, 0.6) is 0 Å². The maximum Gasteiger partial charge on any atom is 0.249 e. The summed E-state index contributed by atoms with van der Waals surface area (Å²) in [5, 5.41) is 2.84. The Kier molecular flexibility index (Phi) is 4.55. The van der Waals surface area contributed by atoms with Crippen molar-refractivity contribution >= 4 is 17.2 Å². The molecule has 4 nitrogen and oxygen atoms in total. The van der Waals surface area contributed by atoms with Gasteiger partial charge in [-0.15, -0.1) is 0 Å². The van der Waals surface area contributed by atoms with Gasteiger partial charge in [0.05, 0.1) is 11.4 Å². The van der Waals surface area contributed by atoms with Gasteiger partial charge in [-0.25, -0.2) is 0 Å². The second kappa shape index (κ2) is 7.13. The molecular weight excluding hydrogens is 286 g/mol. The second-order valence-electron chi connectivity index (χ2n) is 4.84. The lowest BCUT2D eigenvalue weighted by molar-refractivity contribution is -0.111. The molecule has 0 aliphatic rings. The third-order valence-electron chi connectivity index (χ3n) is 3.20. The summed E-state index contributed by atoms with van der Waals surface area (Å²) in [5.74, 6) is -0.220. The van der Waals surface area contributed by atoms with Gasteiger partial charge in [-0.3, -0.25) is 14.8 Å². The normalized spacial score (nSPS) is 9.91. The van der Waals surface area contributed by atoms with Crippen LogP contribution in [0.25, 0.3) is 5.57 Å². The molecule has 2 heterocycles. The molecule has 1 aromatic carbocycles. The number of nitrogens with one attached hydrogen (secondary N) is 1. The smallest absolute Gasteiger partial charge is 0.249 e. The third-order valence-corrected chi connectivity index (χ3v) is 3.20. The van der Waals surface area contributed by atoms with Crippen molar-refractivity contribution in [2.75, 3.05) is 5.32 Å². The van der Waals surface area contributed by atoms with Gasteiger partial charge in [0.1, 0.15) is 0 Å². The number of nitrogens with zero attached hydrogens (tertiary/aromatic N) is 2. The van der Waals surface area contributed by atoms with Gasteiger partial charge >= 0.3 is 0 Å². The van der Waals surface area contributed by atoms with Crippen molar-refractivity contribution in [1.29, 1.82) is 0 Å². The maximum absolute atomic E-state index is 12.3. The fraction of sp³-hybridized carbons (Fsp3) is 0. The first-order valence-electron chi connectivity index (χ1n) is 7.23. The summed E-state index contributed by atoms with van der Waals surface area (Å²) in [5.41, 5.74) is 2.83. The Balaban J connectivity index is 1.93. The van der Waals surface area contributed by atoms with E-state index in [0.29, 0.717) is 17.0 Å². The van der Waals surface area contributed by atoms with Crippen molar-refractivity contribution in [2.45, 2.75) is 0 Å². The molecule has 1 N–H and O–H groups in total. The highest BCUT2D eigenvalue weighted by Gasteiger charge is 2.10. The van der Waals surface area contributed by atoms with Crippen molar-refractivity contribution in [2.24, 2.45) is 0 Å². The van der Waals surface area contributed by atoms with Gasteiger partial charge in [0.25, 0.3) is 0 Å². The number of aromatic nitrogens is 2. The van der Waals surface area contributed by atoms with E-state index in [1.165, 1.54) is 6.08 Å². The summed E-state index contributed by atoms with van der Waals surface area (Å²) in [6.07, 6.45) is 4.92. The lowest BCUT2D eigenvalue weighted by atomic mass is 10.1. The van der Waals surface area contributed by atoms with E-state index < -0.39 is 0 Å². The minimum Gasteiger partial charge on any atom is -0.322 e. The van der Waals surface area contributed by atoms with Gasteiger partial charge in [-0.1, -0.05) is 30.3 Å². The monoisotopic (exact) mass is 301 g/mol. The predicted molar refractivity (Wildman–Crippen MR) is 90.6 cm³/mol. The molecule has 112 valence electrons. The highest BCUT2D eigenvalue weighted by molar-refractivity contribution is 6.05. The van der Waals surface area contributed by atoms with Crippen LogP contribution in [-0.2, 0) is 4.79 Å². The number of rotatable bonds is 4. The average molecular weight is 301 g/mol. The van der Waals surface area contributed by atoms with Crippen LogP contribution in [0.3, 0.4) is 0 Å². The molecule has 0 unspecified atom stereocenters. The van der Waals surface area contributed by atoms with Crippen LogP contribution in [0.1, 0.15) is 11.4 Å². The van der Waals surface area contributed by atoms with Crippen LogP contribution in [0.15, 0.2) is 85.2 Å². The van der Waals surface area contributed by atoms with Crippen LogP contribution >= 0.6 is 0 Å². The van der Waals surface area contributed by atoms with Gasteiger partial charge in [0, 0.05) is 29.7 Å². The van der Waals surface area contributed by atoms with Gasteiger partial charge in [0.2, 0.25) is 5.91 Å². The molecular formula is C19H15N3O. The van der Waals surface area contributed by atoms with E-state index in [0.717, 1.165) is 5.69 Å². The summed E-state index contributed by atoms with van der Waals surface area (Å²) < 4.78 is 0. The molecule has 23 heavy (non-hydrogen) atoms. The number of anilines is 1. The quantitative estimate of drug-likeness (QED) is 0.750. The Morgan fingerprint density at radius 1 is 0.783 bits per heavy atom. The molecule has 4 heteroatoms. The van der Waals surface area contributed by atoms with E-state index >= 15 is 0 Å². The molecule has 0 radical (unpaired) electrons. The number of hydrogen-bond acceptors (Lipinski definition) is 3. The Labute approximate surface area is 134 Å². The van der Waals surface area contributed by atoms with Crippen molar-refractivity contribution in [3.8, 4) is 0 Å². The highest BCUT2D eigenvalue weighted by atomic mass is 16.1. The van der Waals surface area contributed by atoms with Crippen molar-refractivity contribution < 1.29 is 4.79 Å². The number of carbonyl (C=O) groups is 1. The van der Waals surface area contributed by atoms with E-state index in [-0.39, 0.29) is 5.91 Å². The molecule has 0 spiro atoms. The van der Waals surface area contributed by atoms with Crippen LogP contribution in [-0.4, -0.2) is 15.9 Å². The van der Waals surface area contributed by atoms with Gasteiger partial charge in [-0.2, -0.15) is 0 Å².